The maximum absolute atomic E-state index is 13.1. The highest BCUT2D eigenvalue weighted by Gasteiger charge is 2.30. The van der Waals surface area contributed by atoms with E-state index in [0.717, 1.165) is 60.3 Å². The zero-order valence-corrected chi connectivity index (χ0v) is 20.9. The van der Waals surface area contributed by atoms with Crippen molar-refractivity contribution >= 4 is 23.0 Å². The second-order valence-electron chi connectivity index (χ2n) is 9.57. The molecule has 1 aliphatic carbocycles. The Morgan fingerprint density at radius 3 is 2.67 bits per heavy atom. The minimum absolute atomic E-state index is 0.00369. The number of hydrogen-bond donors (Lipinski definition) is 1. The van der Waals surface area contributed by atoms with E-state index in [2.05, 4.69) is 24.4 Å². The molecular weight excluding hydrogens is 446 g/mol. The van der Waals surface area contributed by atoms with Crippen molar-refractivity contribution in [1.82, 2.24) is 5.32 Å². The van der Waals surface area contributed by atoms with Gasteiger partial charge in [-0.1, -0.05) is 36.4 Å². The molecule has 1 atom stereocenters. The topological polar surface area (TPSA) is 80.8 Å². The summed E-state index contributed by atoms with van der Waals surface area (Å²) in [6.07, 6.45) is 6.81. The molecule has 182 valence electrons. The van der Waals surface area contributed by atoms with Crippen molar-refractivity contribution in [3.05, 3.63) is 88.1 Å². The maximum Gasteiger partial charge on any atom is 0.258 e. The Bertz CT molecular complexity index is 1360. The minimum Gasteiger partial charge on any atom is -0.311 e. The van der Waals surface area contributed by atoms with E-state index >= 15 is 0 Å². The van der Waals surface area contributed by atoms with Crippen LogP contribution in [0.3, 0.4) is 0 Å². The van der Waals surface area contributed by atoms with Gasteiger partial charge >= 0.3 is 0 Å². The second-order valence-corrected chi connectivity index (χ2v) is 9.57. The van der Waals surface area contributed by atoms with Crippen LogP contribution in [0.5, 0.6) is 0 Å². The Hall–Kier alpha value is -3.82. The third-order valence-electron chi connectivity index (χ3n) is 7.21. The summed E-state index contributed by atoms with van der Waals surface area (Å²) in [4.78, 5) is 24.4. The van der Waals surface area contributed by atoms with E-state index in [4.69, 9.17) is 9.98 Å². The van der Waals surface area contributed by atoms with Crippen LogP contribution < -0.4 is 10.2 Å². The Labute approximate surface area is 212 Å². The molecule has 0 radical (unpaired) electrons. The fourth-order valence-corrected chi connectivity index (χ4v) is 5.35. The first-order valence-corrected chi connectivity index (χ1v) is 12.7. The van der Waals surface area contributed by atoms with Crippen molar-refractivity contribution in [3.63, 3.8) is 0 Å². The lowest BCUT2D eigenvalue weighted by atomic mass is 9.90. The number of benzene rings is 2. The SMILES string of the molecule is CC1=N/C(=C2/C=C(C#N)C(=NCCNC3c4ccccc4C(=O)N(C)c4ccccc43)CC2)CCC1. The van der Waals surface area contributed by atoms with Crippen molar-refractivity contribution in [2.75, 3.05) is 25.0 Å². The van der Waals surface area contributed by atoms with Gasteiger partial charge in [0.1, 0.15) is 6.07 Å². The zero-order valence-electron chi connectivity index (χ0n) is 20.9. The highest BCUT2D eigenvalue weighted by Crippen LogP contribution is 2.36. The van der Waals surface area contributed by atoms with Crippen molar-refractivity contribution < 1.29 is 4.79 Å². The van der Waals surface area contributed by atoms with Crippen LogP contribution in [-0.4, -0.2) is 37.5 Å². The lowest BCUT2D eigenvalue weighted by Gasteiger charge is -2.22. The van der Waals surface area contributed by atoms with Gasteiger partial charge < -0.3 is 10.2 Å². The molecule has 0 saturated heterocycles. The smallest absolute Gasteiger partial charge is 0.258 e. The van der Waals surface area contributed by atoms with Crippen LogP contribution in [-0.2, 0) is 0 Å². The fraction of sp³-hybridized carbons (Fsp3) is 0.333. The van der Waals surface area contributed by atoms with E-state index in [1.807, 2.05) is 55.6 Å². The summed E-state index contributed by atoms with van der Waals surface area (Å²) >= 11 is 0. The number of nitriles is 1. The molecule has 2 heterocycles. The molecule has 1 N–H and O–H groups in total. The van der Waals surface area contributed by atoms with Gasteiger partial charge in [0.2, 0.25) is 0 Å². The minimum atomic E-state index is -0.118. The number of anilines is 1. The monoisotopic (exact) mass is 477 g/mol. The summed E-state index contributed by atoms with van der Waals surface area (Å²) in [6, 6.07) is 18.1. The molecule has 0 aromatic heterocycles. The summed E-state index contributed by atoms with van der Waals surface area (Å²) in [5.74, 6) is -0.00369. The molecule has 0 fully saturated rings. The second kappa shape index (κ2) is 10.4. The molecule has 0 spiro atoms. The van der Waals surface area contributed by atoms with Gasteiger partial charge in [0, 0.05) is 36.3 Å². The summed E-state index contributed by atoms with van der Waals surface area (Å²) in [7, 11) is 1.83. The average molecular weight is 478 g/mol. The number of amides is 1. The number of fused-ring (bicyclic) bond motifs is 2. The van der Waals surface area contributed by atoms with Crippen LogP contribution in [0.2, 0.25) is 0 Å². The molecule has 36 heavy (non-hydrogen) atoms. The van der Waals surface area contributed by atoms with Gasteiger partial charge in [0.15, 0.2) is 0 Å². The molecule has 2 aliphatic heterocycles. The maximum atomic E-state index is 13.1. The van der Waals surface area contributed by atoms with Gasteiger partial charge in [-0.05, 0) is 73.9 Å². The van der Waals surface area contributed by atoms with E-state index in [1.54, 1.807) is 4.90 Å². The normalized spacial score (nSPS) is 22.8. The molecule has 0 bridgehead atoms. The lowest BCUT2D eigenvalue weighted by molar-refractivity contribution is 0.0993. The van der Waals surface area contributed by atoms with Crippen molar-refractivity contribution in [1.29, 1.82) is 5.26 Å². The molecule has 6 heteroatoms. The highest BCUT2D eigenvalue weighted by molar-refractivity contribution is 6.08. The van der Waals surface area contributed by atoms with Crippen molar-refractivity contribution in [3.8, 4) is 6.07 Å². The first-order valence-electron chi connectivity index (χ1n) is 12.7. The number of rotatable bonds is 4. The van der Waals surface area contributed by atoms with Crippen molar-refractivity contribution in [2.24, 2.45) is 9.98 Å². The van der Waals surface area contributed by atoms with Gasteiger partial charge in [-0.15, -0.1) is 0 Å². The predicted molar refractivity (Wildman–Crippen MR) is 145 cm³/mol. The van der Waals surface area contributed by atoms with Gasteiger partial charge in [-0.3, -0.25) is 14.8 Å². The van der Waals surface area contributed by atoms with E-state index in [-0.39, 0.29) is 11.9 Å². The number of nitrogens with one attached hydrogen (secondary N) is 1. The number of allylic oxidation sites excluding steroid dienone is 4. The fourth-order valence-electron chi connectivity index (χ4n) is 5.35. The van der Waals surface area contributed by atoms with Gasteiger partial charge in [-0.2, -0.15) is 5.26 Å². The molecule has 2 aromatic carbocycles. The molecular formula is C30H31N5O. The van der Waals surface area contributed by atoms with Gasteiger partial charge in [0.25, 0.3) is 5.91 Å². The number of hydrogen-bond acceptors (Lipinski definition) is 5. The standard InChI is InChI=1S/C30H31N5O/c1-20-8-7-12-27(34-20)21-14-15-26(22(18-21)19-31)32-16-17-33-29-23-9-3-4-10-24(23)30(36)35(2)28-13-6-5-11-25(28)29/h3-6,9-11,13,18,29,33H,7-8,12,14-17H2,1-2H3/b27-21+,32-26?. The third kappa shape index (κ3) is 4.67. The Morgan fingerprint density at radius 2 is 1.86 bits per heavy atom. The Balaban J connectivity index is 1.35. The molecule has 0 saturated carbocycles. The molecule has 3 aliphatic rings. The molecule has 1 amide bonds. The predicted octanol–water partition coefficient (Wildman–Crippen LogP) is 5.54. The summed E-state index contributed by atoms with van der Waals surface area (Å²) < 4.78 is 0. The zero-order chi connectivity index (χ0) is 25.1. The molecule has 6 nitrogen and oxygen atoms in total. The first kappa shape index (κ1) is 23.9. The Kier molecular flexibility index (Phi) is 6.92. The van der Waals surface area contributed by atoms with E-state index < -0.39 is 0 Å². The average Bonchev–Trinajstić information content (AvgIpc) is 3.00. The van der Waals surface area contributed by atoms with Crippen LogP contribution in [0.4, 0.5) is 5.69 Å². The first-order chi connectivity index (χ1) is 17.6. The number of nitrogens with zero attached hydrogens (tertiary/aromatic N) is 4. The van der Waals surface area contributed by atoms with Crippen LogP contribution in [0, 0.1) is 11.3 Å². The van der Waals surface area contributed by atoms with Gasteiger partial charge in [-0.25, -0.2) is 0 Å². The van der Waals surface area contributed by atoms with E-state index in [9.17, 15) is 10.1 Å². The summed E-state index contributed by atoms with van der Waals surface area (Å²) in [5, 5.41) is 13.4. The third-order valence-corrected chi connectivity index (χ3v) is 7.21. The van der Waals surface area contributed by atoms with Crippen LogP contribution in [0.15, 0.2) is 81.4 Å². The highest BCUT2D eigenvalue weighted by atomic mass is 16.2. The van der Waals surface area contributed by atoms with Gasteiger partial charge in [0.05, 0.1) is 23.9 Å². The molecule has 5 rings (SSSR count). The number of aliphatic imine (C=N–C) groups is 2. The molecule has 2 aromatic rings. The Morgan fingerprint density at radius 1 is 1.08 bits per heavy atom. The number of carbonyl (C=O) groups excluding carboxylic acids is 1. The molecule has 1 unspecified atom stereocenters. The van der Waals surface area contributed by atoms with Crippen molar-refractivity contribution in [2.45, 2.75) is 45.1 Å². The van der Waals surface area contributed by atoms with E-state index in [0.29, 0.717) is 24.2 Å². The summed E-state index contributed by atoms with van der Waals surface area (Å²) in [6.45, 7) is 3.27. The lowest BCUT2D eigenvalue weighted by Crippen LogP contribution is -2.26. The largest absolute Gasteiger partial charge is 0.311 e. The van der Waals surface area contributed by atoms with Crippen LogP contribution in [0.1, 0.15) is 66.6 Å². The number of carbonyl (C=O) groups is 1. The van der Waals surface area contributed by atoms with E-state index in [1.165, 1.54) is 11.3 Å². The van der Waals surface area contributed by atoms with Crippen LogP contribution >= 0.6 is 0 Å². The summed E-state index contributed by atoms with van der Waals surface area (Å²) in [5.41, 5.74) is 8.68. The number of para-hydroxylation sites is 1. The van der Waals surface area contributed by atoms with Crippen LogP contribution in [0.25, 0.3) is 0 Å². The quantitative estimate of drug-likeness (QED) is 0.587.